The molecule has 28 heavy (non-hydrogen) atoms. The molecule has 1 aromatic carbocycles. The number of carbonyl (C=O) groups excluding carboxylic acids is 3. The smallest absolute Gasteiger partial charge is 0.303 e. The first-order valence-electron chi connectivity index (χ1n) is 8.51. The predicted octanol–water partition coefficient (Wildman–Crippen LogP) is 2.22. The number of hydrogen-bond acceptors (Lipinski definition) is 9. The second-order valence-corrected chi connectivity index (χ2v) is 8.84. The Morgan fingerprint density at radius 3 is 1.82 bits per heavy atom. The van der Waals surface area contributed by atoms with Crippen molar-refractivity contribution in [3.05, 3.63) is 35.9 Å². The van der Waals surface area contributed by atoms with Gasteiger partial charge in [0.1, 0.15) is 0 Å². The number of benzene rings is 1. The van der Waals surface area contributed by atoms with Crippen molar-refractivity contribution in [2.45, 2.75) is 51.3 Å². The number of ether oxygens (including phenoxy) is 4. The summed E-state index contributed by atoms with van der Waals surface area (Å²) in [7, 11) is -2.74. The van der Waals surface area contributed by atoms with E-state index in [-0.39, 0.29) is 6.61 Å². The molecule has 154 valence electrons. The lowest BCUT2D eigenvalue weighted by Gasteiger charge is -2.24. The highest BCUT2D eigenvalue weighted by Crippen LogP contribution is 2.65. The summed E-state index contributed by atoms with van der Waals surface area (Å²) in [5.41, 5.74) is 0.770. The fourth-order valence-electron chi connectivity index (χ4n) is 2.99. The molecule has 0 spiro atoms. The van der Waals surface area contributed by atoms with Crippen LogP contribution in [0.25, 0.3) is 0 Å². The molecule has 1 unspecified atom stereocenters. The maximum Gasteiger partial charge on any atom is 0.303 e. The quantitative estimate of drug-likeness (QED) is 0.376. The summed E-state index contributed by atoms with van der Waals surface area (Å²) in [6, 6.07) is 9.02. The molecule has 1 heterocycles. The van der Waals surface area contributed by atoms with Gasteiger partial charge in [0.2, 0.25) is 5.85 Å². The van der Waals surface area contributed by atoms with Crippen molar-refractivity contribution in [3.63, 3.8) is 0 Å². The van der Waals surface area contributed by atoms with Gasteiger partial charge in [0.15, 0.2) is 18.1 Å². The first-order chi connectivity index (χ1) is 13.2. The Morgan fingerprint density at radius 1 is 0.857 bits per heavy atom. The van der Waals surface area contributed by atoms with Gasteiger partial charge in [0.25, 0.3) is 7.37 Å². The van der Waals surface area contributed by atoms with Crippen LogP contribution in [0.3, 0.4) is 0 Å². The summed E-state index contributed by atoms with van der Waals surface area (Å²) in [6.07, 6.45) is -2.61. The minimum atomic E-state index is -3.91. The molecule has 2 rings (SSSR count). The fourth-order valence-corrected chi connectivity index (χ4v) is 5.55. The normalized spacial score (nSPS) is 29.1. The van der Waals surface area contributed by atoms with Crippen LogP contribution in [0.4, 0.5) is 0 Å². The zero-order chi connectivity index (χ0) is 20.9. The van der Waals surface area contributed by atoms with E-state index in [2.05, 4.69) is 0 Å². The highest BCUT2D eigenvalue weighted by Gasteiger charge is 2.65. The Balaban J connectivity index is 2.42. The number of rotatable bonds is 7. The Kier molecular flexibility index (Phi) is 7.35. The van der Waals surface area contributed by atoms with Crippen LogP contribution in [0, 0.1) is 0 Å². The molecular weight excluding hydrogens is 391 g/mol. The summed E-state index contributed by atoms with van der Waals surface area (Å²) in [4.78, 5) is 34.8. The predicted molar refractivity (Wildman–Crippen MR) is 96.3 cm³/mol. The molecule has 1 saturated heterocycles. The van der Waals surface area contributed by atoms with E-state index in [0.29, 0.717) is 0 Å². The molecule has 1 fully saturated rings. The summed E-state index contributed by atoms with van der Waals surface area (Å²) >= 11 is 0. The lowest BCUT2D eigenvalue weighted by molar-refractivity contribution is -0.178. The maximum absolute atomic E-state index is 13.6. The van der Waals surface area contributed by atoms with Crippen molar-refractivity contribution in [2.75, 3.05) is 7.11 Å². The van der Waals surface area contributed by atoms with Crippen LogP contribution in [0.1, 0.15) is 26.3 Å². The molecule has 9 nitrogen and oxygen atoms in total. The second-order valence-electron chi connectivity index (χ2n) is 6.16. The molecule has 0 aromatic heterocycles. The van der Waals surface area contributed by atoms with Gasteiger partial charge in [-0.05, 0) is 5.56 Å². The summed E-state index contributed by atoms with van der Waals surface area (Å²) in [6.45, 7) is 3.42. The maximum atomic E-state index is 13.6. The topological polar surface area (TPSA) is 114 Å². The van der Waals surface area contributed by atoms with E-state index in [9.17, 15) is 18.9 Å². The van der Waals surface area contributed by atoms with Crippen molar-refractivity contribution in [1.29, 1.82) is 0 Å². The van der Waals surface area contributed by atoms with E-state index in [1.54, 1.807) is 24.3 Å². The average molecular weight is 414 g/mol. The number of esters is 3. The van der Waals surface area contributed by atoms with Gasteiger partial charge in [-0.15, -0.1) is 0 Å². The van der Waals surface area contributed by atoms with E-state index in [0.717, 1.165) is 33.4 Å². The molecule has 0 saturated carbocycles. The third-order valence-corrected chi connectivity index (χ3v) is 6.87. The van der Waals surface area contributed by atoms with Gasteiger partial charge >= 0.3 is 17.9 Å². The van der Waals surface area contributed by atoms with Gasteiger partial charge in [0, 0.05) is 27.9 Å². The molecule has 0 amide bonds. The number of hydrogen-bond donors (Lipinski definition) is 0. The summed E-state index contributed by atoms with van der Waals surface area (Å²) in [5, 5.41) is 0. The highest BCUT2D eigenvalue weighted by molar-refractivity contribution is 7.60. The van der Waals surface area contributed by atoms with Gasteiger partial charge in [-0.3, -0.25) is 18.9 Å². The molecule has 0 aliphatic carbocycles. The summed E-state index contributed by atoms with van der Waals surface area (Å²) in [5.74, 6) is -4.96. The van der Waals surface area contributed by atoms with Crippen LogP contribution in [-0.4, -0.2) is 48.9 Å². The Hall–Kier alpha value is -2.22. The fraction of sp³-hybridized carbons (Fsp3) is 0.500. The van der Waals surface area contributed by atoms with Crippen LogP contribution in [0.2, 0.25) is 0 Å². The third-order valence-electron chi connectivity index (χ3n) is 4.04. The Morgan fingerprint density at radius 2 is 1.36 bits per heavy atom. The molecule has 10 heteroatoms. The van der Waals surface area contributed by atoms with E-state index in [4.69, 9.17) is 23.5 Å². The molecular formula is C18H23O9P. The molecule has 5 atom stereocenters. The third kappa shape index (κ3) is 4.98. The zero-order valence-electron chi connectivity index (χ0n) is 16.0. The van der Waals surface area contributed by atoms with Gasteiger partial charge in [-0.1, -0.05) is 30.3 Å². The van der Waals surface area contributed by atoms with Gasteiger partial charge in [-0.25, -0.2) is 0 Å². The Labute approximate surface area is 162 Å². The first-order valence-corrected chi connectivity index (χ1v) is 10.3. The lowest BCUT2D eigenvalue weighted by atomic mass is 10.2. The van der Waals surface area contributed by atoms with Gasteiger partial charge in [-0.2, -0.15) is 0 Å². The molecule has 0 bridgehead atoms. The zero-order valence-corrected chi connectivity index (χ0v) is 16.9. The van der Waals surface area contributed by atoms with Crippen LogP contribution in [0.5, 0.6) is 0 Å². The molecule has 1 aliphatic heterocycles. The van der Waals surface area contributed by atoms with Crippen LogP contribution in [0.15, 0.2) is 30.3 Å². The standard InChI is InChI=1S/C18H23O9P/c1-11(19)25-15-16(26-12(2)20)18(27-13(3)21)28(22,23-4)17(15)24-10-14-8-6-5-7-9-14/h5-9,15-18H,10H2,1-4H3/t15-,16-,17+,18+,28?/m1/s1. The van der Waals surface area contributed by atoms with Crippen LogP contribution < -0.4 is 0 Å². The van der Waals surface area contributed by atoms with Crippen molar-refractivity contribution >= 4 is 25.3 Å². The van der Waals surface area contributed by atoms with Gasteiger partial charge in [0.05, 0.1) is 6.61 Å². The van der Waals surface area contributed by atoms with Crippen LogP contribution in [-0.2, 0) is 49.0 Å². The molecule has 1 aromatic rings. The van der Waals surface area contributed by atoms with Crippen molar-refractivity contribution in [3.8, 4) is 0 Å². The van der Waals surface area contributed by atoms with E-state index in [1.807, 2.05) is 6.07 Å². The van der Waals surface area contributed by atoms with Crippen molar-refractivity contribution in [2.24, 2.45) is 0 Å². The first kappa shape index (κ1) is 22.1. The minimum absolute atomic E-state index is 0.0240. The highest BCUT2D eigenvalue weighted by atomic mass is 31.2. The monoisotopic (exact) mass is 414 g/mol. The van der Waals surface area contributed by atoms with Crippen molar-refractivity contribution in [1.82, 2.24) is 0 Å². The van der Waals surface area contributed by atoms with E-state index < -0.39 is 49.2 Å². The van der Waals surface area contributed by atoms with Crippen LogP contribution >= 0.6 is 7.37 Å². The molecule has 1 aliphatic rings. The van der Waals surface area contributed by atoms with E-state index >= 15 is 0 Å². The lowest BCUT2D eigenvalue weighted by Crippen LogP contribution is -2.41. The van der Waals surface area contributed by atoms with Crippen molar-refractivity contribution < 1.29 is 42.4 Å². The second kappa shape index (κ2) is 9.32. The van der Waals surface area contributed by atoms with Gasteiger partial charge < -0.3 is 23.5 Å². The largest absolute Gasteiger partial charge is 0.455 e. The summed E-state index contributed by atoms with van der Waals surface area (Å²) < 4.78 is 40.2. The SMILES string of the molecule is COP1(=O)[C@H](OCc2ccccc2)[C@H](OC(C)=O)[C@@H](OC(C)=O)[C@H]1OC(C)=O. The average Bonchev–Trinajstić information content (AvgIpc) is 2.82. The molecule has 0 radical (unpaired) electrons. The number of carbonyl (C=O) groups is 3. The Bertz CT molecular complexity index is 764. The minimum Gasteiger partial charge on any atom is -0.455 e. The van der Waals surface area contributed by atoms with E-state index in [1.165, 1.54) is 0 Å². The molecule has 0 N–H and O–H groups in total.